The minimum absolute atomic E-state index is 0.0251. The van der Waals surface area contributed by atoms with E-state index in [1.807, 2.05) is 39.2 Å². The van der Waals surface area contributed by atoms with Crippen molar-refractivity contribution in [2.75, 3.05) is 33.8 Å². The molecule has 6 heteroatoms. The first-order valence-corrected chi connectivity index (χ1v) is 11.6. The molecular formula is C25H30N2O3S. The van der Waals surface area contributed by atoms with Gasteiger partial charge in [-0.1, -0.05) is 24.3 Å². The van der Waals surface area contributed by atoms with Gasteiger partial charge in [-0.15, -0.1) is 11.3 Å². The Labute approximate surface area is 187 Å². The largest absolute Gasteiger partial charge is 0.494 e. The van der Waals surface area contributed by atoms with E-state index in [1.54, 1.807) is 16.2 Å². The second-order valence-electron chi connectivity index (χ2n) is 8.29. The molecule has 1 aliphatic heterocycles. The van der Waals surface area contributed by atoms with Crippen molar-refractivity contribution < 1.29 is 14.6 Å². The number of rotatable bonds is 7. The Balaban J connectivity index is 1.56. The first-order chi connectivity index (χ1) is 15.0. The van der Waals surface area contributed by atoms with E-state index in [0.29, 0.717) is 12.5 Å². The molecule has 1 atom stereocenters. The summed E-state index contributed by atoms with van der Waals surface area (Å²) >= 11 is 1.61. The number of fused-ring (bicyclic) bond motifs is 1. The smallest absolute Gasteiger partial charge is 0.263 e. The highest BCUT2D eigenvalue weighted by atomic mass is 32.1. The molecule has 0 spiro atoms. The molecule has 3 aromatic rings. The molecule has 1 aliphatic rings. The molecule has 0 aliphatic carbocycles. The number of carbonyl (C=O) groups excluding carboxylic acids is 1. The maximum Gasteiger partial charge on any atom is 0.263 e. The van der Waals surface area contributed by atoms with Crippen LogP contribution in [-0.4, -0.2) is 54.6 Å². The average molecular weight is 439 g/mol. The van der Waals surface area contributed by atoms with Crippen LogP contribution in [0.15, 0.2) is 42.5 Å². The predicted molar refractivity (Wildman–Crippen MR) is 126 cm³/mol. The minimum Gasteiger partial charge on any atom is -0.494 e. The van der Waals surface area contributed by atoms with Gasteiger partial charge < -0.3 is 14.7 Å². The summed E-state index contributed by atoms with van der Waals surface area (Å²) in [6, 6.07) is 14.4. The number of aliphatic hydroxyl groups excluding tert-OH is 1. The molecule has 0 radical (unpaired) electrons. The van der Waals surface area contributed by atoms with Crippen LogP contribution in [0.4, 0.5) is 0 Å². The van der Waals surface area contributed by atoms with Crippen LogP contribution in [0.5, 0.6) is 5.75 Å². The molecule has 2 aromatic carbocycles. The number of hydrogen-bond donors (Lipinski definition) is 1. The third-order valence-corrected chi connectivity index (χ3v) is 7.09. The summed E-state index contributed by atoms with van der Waals surface area (Å²) < 4.78 is 6.79. The molecule has 1 amide bonds. The summed E-state index contributed by atoms with van der Waals surface area (Å²) in [6.45, 7) is 5.26. The van der Waals surface area contributed by atoms with E-state index >= 15 is 0 Å². The van der Waals surface area contributed by atoms with Crippen molar-refractivity contribution in [3.8, 4) is 5.75 Å². The average Bonchev–Trinajstić information content (AvgIpc) is 3.38. The summed E-state index contributed by atoms with van der Waals surface area (Å²) in [5.41, 5.74) is 3.22. The van der Waals surface area contributed by atoms with Crippen molar-refractivity contribution in [1.29, 1.82) is 0 Å². The number of nitrogens with zero attached hydrogens (tertiary/aromatic N) is 2. The lowest BCUT2D eigenvalue weighted by Gasteiger charge is -2.18. The first-order valence-electron chi connectivity index (χ1n) is 10.8. The molecule has 2 heterocycles. The van der Waals surface area contributed by atoms with Gasteiger partial charge in [-0.05, 0) is 54.6 Å². The first kappa shape index (κ1) is 21.8. The number of carbonyl (C=O) groups is 1. The summed E-state index contributed by atoms with van der Waals surface area (Å²) in [5, 5.41) is 10.9. The fourth-order valence-electron chi connectivity index (χ4n) is 4.45. The molecule has 4 rings (SSSR count). The van der Waals surface area contributed by atoms with Gasteiger partial charge >= 0.3 is 0 Å². The Hall–Kier alpha value is -2.41. The zero-order chi connectivity index (χ0) is 22.0. The Morgan fingerprint density at radius 3 is 2.81 bits per heavy atom. The van der Waals surface area contributed by atoms with Crippen LogP contribution in [0, 0.1) is 0 Å². The Kier molecular flexibility index (Phi) is 6.60. The van der Waals surface area contributed by atoms with E-state index in [1.165, 1.54) is 21.2 Å². The molecule has 1 fully saturated rings. The van der Waals surface area contributed by atoms with Crippen LogP contribution >= 0.6 is 11.3 Å². The molecule has 164 valence electrons. The number of benzene rings is 2. The molecule has 1 saturated heterocycles. The second-order valence-corrected chi connectivity index (χ2v) is 9.35. The van der Waals surface area contributed by atoms with Gasteiger partial charge in [-0.2, -0.15) is 0 Å². The monoisotopic (exact) mass is 438 g/mol. The quantitative estimate of drug-likeness (QED) is 0.591. The van der Waals surface area contributed by atoms with Gasteiger partial charge in [0.05, 0.1) is 18.1 Å². The highest BCUT2D eigenvalue weighted by Crippen LogP contribution is 2.40. The van der Waals surface area contributed by atoms with Gasteiger partial charge in [0.25, 0.3) is 5.91 Å². The number of likely N-dealkylation sites (tertiary alicyclic amines) is 1. The van der Waals surface area contributed by atoms with Crippen LogP contribution in [-0.2, 0) is 13.2 Å². The Bertz CT molecular complexity index is 1080. The van der Waals surface area contributed by atoms with Gasteiger partial charge in [0, 0.05) is 43.4 Å². The molecule has 0 bridgehead atoms. The summed E-state index contributed by atoms with van der Waals surface area (Å²) in [5.74, 6) is 1.19. The lowest BCUT2D eigenvalue weighted by atomic mass is 9.95. The molecule has 0 unspecified atom stereocenters. The van der Waals surface area contributed by atoms with Gasteiger partial charge in [-0.25, -0.2) is 0 Å². The molecular weight excluding hydrogens is 408 g/mol. The third kappa shape index (κ3) is 4.47. The van der Waals surface area contributed by atoms with Crippen molar-refractivity contribution in [2.24, 2.45) is 0 Å². The van der Waals surface area contributed by atoms with Crippen molar-refractivity contribution >= 4 is 27.3 Å². The summed E-state index contributed by atoms with van der Waals surface area (Å²) in [6.07, 6.45) is 1.04. The van der Waals surface area contributed by atoms with Crippen LogP contribution in [0.3, 0.4) is 0 Å². The maximum atomic E-state index is 12.9. The van der Waals surface area contributed by atoms with Gasteiger partial charge in [-0.3, -0.25) is 9.69 Å². The normalized spacial score (nSPS) is 16.7. The molecule has 1 N–H and O–H groups in total. The minimum atomic E-state index is -0.0251. The van der Waals surface area contributed by atoms with Crippen molar-refractivity contribution in [2.45, 2.75) is 32.4 Å². The lowest BCUT2D eigenvalue weighted by molar-refractivity contribution is 0.0831. The number of hydrogen-bond acceptors (Lipinski definition) is 5. The Morgan fingerprint density at radius 2 is 2.06 bits per heavy atom. The van der Waals surface area contributed by atoms with E-state index in [4.69, 9.17) is 4.74 Å². The topological polar surface area (TPSA) is 53.0 Å². The van der Waals surface area contributed by atoms with Gasteiger partial charge in [0.2, 0.25) is 0 Å². The van der Waals surface area contributed by atoms with E-state index in [2.05, 4.69) is 29.2 Å². The fraction of sp³-hybridized carbons (Fsp3) is 0.400. The standard InChI is InChI=1S/C25H30N2O3S/c1-4-30-21-10-9-17(13-19(21)16-28)14-27-12-11-18(15-27)23-20-7-5-6-8-22(20)31-24(23)25(29)26(2)3/h5-10,13,18,28H,4,11-12,14-16H2,1-3H3/t18-/m1/s1. The zero-order valence-electron chi connectivity index (χ0n) is 18.4. The van der Waals surface area contributed by atoms with Crippen molar-refractivity contribution in [3.63, 3.8) is 0 Å². The van der Waals surface area contributed by atoms with E-state index in [9.17, 15) is 9.90 Å². The number of aliphatic hydroxyl groups is 1. The van der Waals surface area contributed by atoms with Crippen LogP contribution in [0.1, 0.15) is 45.6 Å². The highest BCUT2D eigenvalue weighted by Gasteiger charge is 2.31. The number of ether oxygens (including phenoxy) is 1. The van der Waals surface area contributed by atoms with Gasteiger partial charge in [0.15, 0.2) is 0 Å². The van der Waals surface area contributed by atoms with Crippen LogP contribution in [0.25, 0.3) is 10.1 Å². The lowest BCUT2D eigenvalue weighted by Crippen LogP contribution is -2.23. The van der Waals surface area contributed by atoms with Gasteiger partial charge in [0.1, 0.15) is 5.75 Å². The van der Waals surface area contributed by atoms with E-state index < -0.39 is 0 Å². The zero-order valence-corrected chi connectivity index (χ0v) is 19.2. The van der Waals surface area contributed by atoms with Crippen LogP contribution in [0.2, 0.25) is 0 Å². The number of amides is 1. The SMILES string of the molecule is CCOc1ccc(CN2CC[C@@H](c3c(C(=O)N(C)C)sc4ccccc34)C2)cc1CO. The molecule has 5 nitrogen and oxygen atoms in total. The van der Waals surface area contributed by atoms with E-state index in [-0.39, 0.29) is 12.5 Å². The summed E-state index contributed by atoms with van der Waals surface area (Å²) in [7, 11) is 3.64. The maximum absolute atomic E-state index is 12.9. The Morgan fingerprint density at radius 1 is 1.26 bits per heavy atom. The fourth-order valence-corrected chi connectivity index (χ4v) is 5.76. The van der Waals surface area contributed by atoms with Crippen LogP contribution < -0.4 is 4.74 Å². The number of thiophene rings is 1. The third-order valence-electron chi connectivity index (χ3n) is 5.92. The van der Waals surface area contributed by atoms with Crippen molar-refractivity contribution in [1.82, 2.24) is 9.80 Å². The second kappa shape index (κ2) is 9.39. The predicted octanol–water partition coefficient (Wildman–Crippen LogP) is 4.48. The highest BCUT2D eigenvalue weighted by molar-refractivity contribution is 7.21. The van der Waals surface area contributed by atoms with Crippen molar-refractivity contribution in [3.05, 3.63) is 64.0 Å². The van der Waals surface area contributed by atoms with E-state index in [0.717, 1.165) is 42.2 Å². The molecule has 0 saturated carbocycles. The molecule has 1 aromatic heterocycles. The molecule has 31 heavy (non-hydrogen) atoms. The summed E-state index contributed by atoms with van der Waals surface area (Å²) in [4.78, 5) is 17.9.